The third-order valence-corrected chi connectivity index (χ3v) is 2.98. The lowest BCUT2D eigenvalue weighted by Crippen LogP contribution is -2.42. The van der Waals surface area contributed by atoms with Gasteiger partial charge in [0.1, 0.15) is 12.1 Å². The molecule has 1 aromatic rings. The second-order valence-corrected chi connectivity index (χ2v) is 4.10. The van der Waals surface area contributed by atoms with E-state index in [1.165, 1.54) is 10.9 Å². The van der Waals surface area contributed by atoms with Crippen LogP contribution in [0.5, 0.6) is 0 Å². The van der Waals surface area contributed by atoms with Gasteiger partial charge in [-0.25, -0.2) is 4.79 Å². The Kier molecular flexibility index (Phi) is 3.61. The highest BCUT2D eigenvalue weighted by Gasteiger charge is 2.19. The van der Waals surface area contributed by atoms with Gasteiger partial charge in [-0.3, -0.25) is 9.48 Å². The van der Waals surface area contributed by atoms with Crippen LogP contribution in [0.2, 0.25) is 0 Å². The first-order valence-corrected chi connectivity index (χ1v) is 5.71. The molecule has 1 aliphatic heterocycles. The summed E-state index contributed by atoms with van der Waals surface area (Å²) in [4.78, 5) is 24.5. The highest BCUT2D eigenvalue weighted by Crippen LogP contribution is 2.08. The van der Waals surface area contributed by atoms with Gasteiger partial charge in [0.2, 0.25) is 5.91 Å². The molecule has 7 heteroatoms. The summed E-state index contributed by atoms with van der Waals surface area (Å²) in [5.74, 6) is -1.10. The van der Waals surface area contributed by atoms with Gasteiger partial charge < -0.3 is 14.7 Å². The van der Waals surface area contributed by atoms with Crippen molar-refractivity contribution in [2.24, 2.45) is 0 Å². The minimum atomic E-state index is -1.03. The Bertz CT molecular complexity index is 463. The predicted molar refractivity (Wildman–Crippen MR) is 61.3 cm³/mol. The lowest BCUT2D eigenvalue weighted by atomic mass is 10.3. The van der Waals surface area contributed by atoms with Gasteiger partial charge in [-0.15, -0.1) is 0 Å². The SMILES string of the molecule is Cc1c(C(=O)O)cnn1CC(=O)N1CCOCC1. The van der Waals surface area contributed by atoms with Gasteiger partial charge in [-0.2, -0.15) is 5.10 Å². The van der Waals surface area contributed by atoms with Crippen LogP contribution in [-0.4, -0.2) is 58.0 Å². The first kappa shape index (κ1) is 12.6. The van der Waals surface area contributed by atoms with Gasteiger partial charge >= 0.3 is 5.97 Å². The average Bonchev–Trinajstić information content (AvgIpc) is 2.72. The molecule has 0 radical (unpaired) electrons. The Morgan fingerprint density at radius 1 is 1.44 bits per heavy atom. The van der Waals surface area contributed by atoms with Crippen molar-refractivity contribution in [3.05, 3.63) is 17.5 Å². The van der Waals surface area contributed by atoms with Crippen molar-refractivity contribution in [3.8, 4) is 0 Å². The van der Waals surface area contributed by atoms with Crippen molar-refractivity contribution in [1.29, 1.82) is 0 Å². The van der Waals surface area contributed by atoms with E-state index in [1.54, 1.807) is 11.8 Å². The van der Waals surface area contributed by atoms with Gasteiger partial charge in [0.05, 0.1) is 25.1 Å². The van der Waals surface area contributed by atoms with Crippen LogP contribution in [0.4, 0.5) is 0 Å². The fraction of sp³-hybridized carbons (Fsp3) is 0.545. The molecule has 0 saturated carbocycles. The molecule has 1 fully saturated rings. The second kappa shape index (κ2) is 5.18. The maximum Gasteiger partial charge on any atom is 0.339 e. The van der Waals surface area contributed by atoms with Gasteiger partial charge in [-0.1, -0.05) is 0 Å². The standard InChI is InChI=1S/C11H15N3O4/c1-8-9(11(16)17)6-12-14(8)7-10(15)13-2-4-18-5-3-13/h6H,2-5,7H2,1H3,(H,16,17). The summed E-state index contributed by atoms with van der Waals surface area (Å²) in [7, 11) is 0. The van der Waals surface area contributed by atoms with Crippen LogP contribution in [0.3, 0.4) is 0 Å². The fourth-order valence-electron chi connectivity index (χ4n) is 1.86. The number of hydrogen-bond acceptors (Lipinski definition) is 4. The minimum Gasteiger partial charge on any atom is -0.478 e. The third kappa shape index (κ3) is 2.51. The van der Waals surface area contributed by atoms with E-state index >= 15 is 0 Å². The fourth-order valence-corrected chi connectivity index (χ4v) is 1.86. The van der Waals surface area contributed by atoms with Crippen molar-refractivity contribution in [1.82, 2.24) is 14.7 Å². The van der Waals surface area contributed by atoms with Crippen LogP contribution in [-0.2, 0) is 16.1 Å². The molecule has 0 aliphatic carbocycles. The summed E-state index contributed by atoms with van der Waals surface area (Å²) in [6.07, 6.45) is 1.27. The quantitative estimate of drug-likeness (QED) is 0.802. The van der Waals surface area contributed by atoms with E-state index in [0.29, 0.717) is 32.0 Å². The summed E-state index contributed by atoms with van der Waals surface area (Å²) < 4.78 is 6.58. The number of carbonyl (C=O) groups is 2. The first-order valence-electron chi connectivity index (χ1n) is 5.71. The number of nitrogens with zero attached hydrogens (tertiary/aromatic N) is 3. The molecule has 0 spiro atoms. The Morgan fingerprint density at radius 2 is 2.11 bits per heavy atom. The van der Waals surface area contributed by atoms with Gasteiger partial charge in [-0.05, 0) is 6.92 Å². The monoisotopic (exact) mass is 253 g/mol. The van der Waals surface area contributed by atoms with Crippen molar-refractivity contribution < 1.29 is 19.4 Å². The van der Waals surface area contributed by atoms with Crippen LogP contribution >= 0.6 is 0 Å². The average molecular weight is 253 g/mol. The van der Waals surface area contributed by atoms with E-state index in [1.807, 2.05) is 0 Å². The zero-order valence-electron chi connectivity index (χ0n) is 10.1. The molecule has 2 heterocycles. The number of ether oxygens (including phenoxy) is 1. The van der Waals surface area contributed by atoms with E-state index in [4.69, 9.17) is 9.84 Å². The van der Waals surface area contributed by atoms with Crippen LogP contribution < -0.4 is 0 Å². The van der Waals surface area contributed by atoms with Gasteiger partial charge in [0.15, 0.2) is 0 Å². The lowest BCUT2D eigenvalue weighted by molar-refractivity contribution is -0.136. The molecule has 0 unspecified atom stereocenters. The zero-order valence-corrected chi connectivity index (χ0v) is 10.1. The van der Waals surface area contributed by atoms with E-state index in [0.717, 1.165) is 0 Å². The van der Waals surface area contributed by atoms with E-state index in [-0.39, 0.29) is 18.0 Å². The van der Waals surface area contributed by atoms with Crippen molar-refractivity contribution in [3.63, 3.8) is 0 Å². The number of amides is 1. The summed E-state index contributed by atoms with van der Waals surface area (Å²) in [6, 6.07) is 0. The van der Waals surface area contributed by atoms with Crippen molar-refractivity contribution in [2.75, 3.05) is 26.3 Å². The number of aromatic carboxylic acids is 1. The molecular formula is C11H15N3O4. The highest BCUT2D eigenvalue weighted by molar-refractivity contribution is 5.88. The Morgan fingerprint density at radius 3 is 2.67 bits per heavy atom. The molecule has 0 aromatic carbocycles. The van der Waals surface area contributed by atoms with Crippen LogP contribution in [0.15, 0.2) is 6.20 Å². The van der Waals surface area contributed by atoms with Crippen molar-refractivity contribution >= 4 is 11.9 Å². The maximum absolute atomic E-state index is 12.0. The summed E-state index contributed by atoms with van der Waals surface area (Å²) in [5.41, 5.74) is 0.619. The topological polar surface area (TPSA) is 84.7 Å². The van der Waals surface area contributed by atoms with E-state index in [9.17, 15) is 9.59 Å². The molecule has 98 valence electrons. The largest absolute Gasteiger partial charge is 0.478 e. The number of aromatic nitrogens is 2. The molecule has 1 N–H and O–H groups in total. The molecule has 7 nitrogen and oxygen atoms in total. The molecule has 18 heavy (non-hydrogen) atoms. The van der Waals surface area contributed by atoms with Crippen LogP contribution in [0.1, 0.15) is 16.1 Å². The number of hydrogen-bond donors (Lipinski definition) is 1. The molecule has 1 aromatic heterocycles. The normalized spacial score (nSPS) is 15.7. The Balaban J connectivity index is 2.04. The Hall–Kier alpha value is -1.89. The van der Waals surface area contributed by atoms with E-state index in [2.05, 4.69) is 5.10 Å². The van der Waals surface area contributed by atoms with Crippen LogP contribution in [0.25, 0.3) is 0 Å². The summed E-state index contributed by atoms with van der Waals surface area (Å²) in [5, 5.41) is 12.8. The van der Waals surface area contributed by atoms with Crippen molar-refractivity contribution in [2.45, 2.75) is 13.5 Å². The minimum absolute atomic E-state index is 0.0681. The van der Waals surface area contributed by atoms with Crippen LogP contribution in [0, 0.1) is 6.92 Å². The molecule has 0 atom stereocenters. The second-order valence-electron chi connectivity index (χ2n) is 4.10. The smallest absolute Gasteiger partial charge is 0.339 e. The number of carboxylic acids is 1. The first-order chi connectivity index (χ1) is 8.59. The molecule has 1 amide bonds. The number of morpholine rings is 1. The number of rotatable bonds is 3. The van der Waals surface area contributed by atoms with Gasteiger partial charge in [0.25, 0.3) is 0 Å². The van der Waals surface area contributed by atoms with E-state index < -0.39 is 5.97 Å². The molecule has 1 aliphatic rings. The molecule has 2 rings (SSSR count). The molecule has 0 bridgehead atoms. The maximum atomic E-state index is 12.0. The third-order valence-electron chi connectivity index (χ3n) is 2.98. The summed E-state index contributed by atoms with van der Waals surface area (Å²) in [6.45, 7) is 3.95. The summed E-state index contributed by atoms with van der Waals surface area (Å²) >= 11 is 0. The number of carboxylic acid groups (broad SMARTS) is 1. The Labute approximate surface area is 104 Å². The lowest BCUT2D eigenvalue weighted by Gasteiger charge is -2.26. The highest BCUT2D eigenvalue weighted by atomic mass is 16.5. The predicted octanol–water partition coefficient (Wildman–Crippen LogP) is -0.251. The number of carbonyl (C=O) groups excluding carboxylic acids is 1. The molecule has 1 saturated heterocycles. The van der Waals surface area contributed by atoms with Gasteiger partial charge in [0, 0.05) is 13.1 Å². The molecular weight excluding hydrogens is 238 g/mol. The zero-order chi connectivity index (χ0) is 13.1.